The molecule has 0 radical (unpaired) electrons. The van der Waals surface area contributed by atoms with Crippen LogP contribution < -0.4 is 9.64 Å². The fourth-order valence-corrected chi connectivity index (χ4v) is 4.16. The van der Waals surface area contributed by atoms with Crippen LogP contribution in [0.1, 0.15) is 31.6 Å². The largest absolute Gasteiger partial charge is 0.497 e. The summed E-state index contributed by atoms with van der Waals surface area (Å²) in [5, 5.41) is 0.492. The molecule has 0 saturated carbocycles. The molecule has 0 saturated heterocycles. The molecule has 0 aliphatic carbocycles. The molecule has 1 amide bonds. The molecule has 0 aliphatic rings. The second-order valence-corrected chi connectivity index (χ2v) is 7.34. The fraction of sp³-hybridized carbons (Fsp3) is 0.273. The lowest BCUT2D eigenvalue weighted by molar-refractivity contribution is -0.117. The van der Waals surface area contributed by atoms with Crippen molar-refractivity contribution in [2.45, 2.75) is 33.1 Å². The van der Waals surface area contributed by atoms with Gasteiger partial charge in [0, 0.05) is 16.9 Å². The third-order valence-electron chi connectivity index (χ3n) is 4.36. The van der Waals surface area contributed by atoms with Crippen LogP contribution in [-0.2, 0) is 11.2 Å². The number of ether oxygens (including phenoxy) is 1. The predicted molar refractivity (Wildman–Crippen MR) is 112 cm³/mol. The number of methoxy groups -OCH3 is 1. The zero-order chi connectivity index (χ0) is 20.1. The average molecular weight is 399 g/mol. The molecule has 0 aliphatic heterocycles. The van der Waals surface area contributed by atoms with Gasteiger partial charge in [0.2, 0.25) is 5.91 Å². The van der Waals surface area contributed by atoms with E-state index in [1.165, 1.54) is 22.3 Å². The van der Waals surface area contributed by atoms with Gasteiger partial charge in [-0.3, -0.25) is 9.69 Å². The highest BCUT2D eigenvalue weighted by Crippen LogP contribution is 2.38. The van der Waals surface area contributed by atoms with Crippen molar-refractivity contribution in [2.24, 2.45) is 0 Å². The summed E-state index contributed by atoms with van der Waals surface area (Å²) >= 11 is 1.44. The lowest BCUT2D eigenvalue weighted by Gasteiger charge is -2.19. The number of rotatable bonds is 7. The van der Waals surface area contributed by atoms with Gasteiger partial charge in [-0.2, -0.15) is 0 Å². The van der Waals surface area contributed by atoms with Gasteiger partial charge in [-0.1, -0.05) is 32.4 Å². The van der Waals surface area contributed by atoms with E-state index < -0.39 is 5.82 Å². The van der Waals surface area contributed by atoms with Crippen LogP contribution in [0, 0.1) is 5.82 Å². The van der Waals surface area contributed by atoms with Gasteiger partial charge in [0.1, 0.15) is 11.6 Å². The summed E-state index contributed by atoms with van der Waals surface area (Å²) in [5.74, 6) is 0.135. The van der Waals surface area contributed by atoms with Crippen LogP contribution in [0.25, 0.3) is 11.3 Å². The van der Waals surface area contributed by atoms with Gasteiger partial charge in [0.05, 0.1) is 18.5 Å². The Labute approximate surface area is 168 Å². The van der Waals surface area contributed by atoms with Crippen molar-refractivity contribution in [3.8, 4) is 17.0 Å². The van der Waals surface area contributed by atoms with Crippen LogP contribution in [0.5, 0.6) is 5.75 Å². The number of aryl methyl sites for hydroxylation is 1. The minimum absolute atomic E-state index is 0.192. The molecule has 0 N–H and O–H groups in total. The highest BCUT2D eigenvalue weighted by Gasteiger charge is 2.25. The Morgan fingerprint density at radius 1 is 1.14 bits per heavy atom. The highest BCUT2D eigenvalue weighted by molar-refractivity contribution is 7.16. The van der Waals surface area contributed by atoms with Gasteiger partial charge >= 0.3 is 0 Å². The van der Waals surface area contributed by atoms with Gasteiger partial charge in [0.15, 0.2) is 5.13 Å². The van der Waals surface area contributed by atoms with Crippen molar-refractivity contribution in [3.63, 3.8) is 0 Å². The van der Waals surface area contributed by atoms with E-state index in [4.69, 9.17) is 9.72 Å². The van der Waals surface area contributed by atoms with Crippen molar-refractivity contribution >= 4 is 28.1 Å². The first kappa shape index (κ1) is 20.0. The molecule has 1 aromatic heterocycles. The Morgan fingerprint density at radius 2 is 1.86 bits per heavy atom. The summed E-state index contributed by atoms with van der Waals surface area (Å²) < 4.78 is 19.7. The number of hydrogen-bond donors (Lipinski definition) is 0. The Bertz CT molecular complexity index is 953. The van der Waals surface area contributed by atoms with Crippen molar-refractivity contribution in [2.75, 3.05) is 12.0 Å². The van der Waals surface area contributed by atoms with E-state index in [0.29, 0.717) is 5.13 Å². The second-order valence-electron chi connectivity index (χ2n) is 6.28. The van der Waals surface area contributed by atoms with Crippen molar-refractivity contribution < 1.29 is 13.9 Å². The quantitative estimate of drug-likeness (QED) is 0.491. The smallest absolute Gasteiger partial charge is 0.233 e. The average Bonchev–Trinajstić information content (AvgIpc) is 3.13. The number of benzene rings is 2. The van der Waals surface area contributed by atoms with Gasteiger partial charge in [0.25, 0.3) is 0 Å². The van der Waals surface area contributed by atoms with E-state index >= 15 is 0 Å². The summed E-state index contributed by atoms with van der Waals surface area (Å²) in [6, 6.07) is 14.0. The molecule has 1 heterocycles. The summed E-state index contributed by atoms with van der Waals surface area (Å²) in [5.41, 5.74) is 2.01. The molecule has 28 heavy (non-hydrogen) atoms. The van der Waals surface area contributed by atoms with Gasteiger partial charge in [-0.25, -0.2) is 9.37 Å². The molecular weight excluding hydrogens is 375 g/mol. The standard InChI is InChI=1S/C22H23FN2O2S/c1-4-8-19-21(15-11-13-16(27-3)14-12-15)24-22(28-19)25(20(26)5-2)18-10-7-6-9-17(18)23/h6-7,9-14H,4-5,8H2,1-3H3. The molecule has 146 valence electrons. The van der Waals surface area contributed by atoms with Crippen LogP contribution >= 0.6 is 11.3 Å². The fourth-order valence-electron chi connectivity index (χ4n) is 2.94. The maximum Gasteiger partial charge on any atom is 0.233 e. The van der Waals surface area contributed by atoms with Crippen LogP contribution in [0.2, 0.25) is 0 Å². The Hall–Kier alpha value is -2.73. The van der Waals surface area contributed by atoms with Gasteiger partial charge < -0.3 is 4.74 Å². The highest BCUT2D eigenvalue weighted by atomic mass is 32.1. The topological polar surface area (TPSA) is 42.4 Å². The van der Waals surface area contributed by atoms with Crippen LogP contribution in [0.4, 0.5) is 15.2 Å². The number of thiazole rings is 1. The number of anilines is 2. The van der Waals surface area contributed by atoms with Crippen molar-refractivity contribution in [3.05, 3.63) is 59.2 Å². The summed E-state index contributed by atoms with van der Waals surface area (Å²) in [6.45, 7) is 3.87. The summed E-state index contributed by atoms with van der Waals surface area (Å²) in [6.07, 6.45) is 2.05. The molecule has 4 nitrogen and oxygen atoms in total. The maximum atomic E-state index is 14.5. The van der Waals surface area contributed by atoms with Crippen LogP contribution in [0.3, 0.4) is 0 Å². The third kappa shape index (κ3) is 4.07. The third-order valence-corrected chi connectivity index (χ3v) is 5.46. The number of aromatic nitrogens is 1. The SMILES string of the molecule is CCCc1sc(N(C(=O)CC)c2ccccc2F)nc1-c1ccc(OC)cc1. The maximum absolute atomic E-state index is 14.5. The van der Waals surface area contributed by atoms with E-state index in [0.717, 1.165) is 34.7 Å². The zero-order valence-electron chi connectivity index (χ0n) is 16.2. The molecule has 3 aromatic rings. The molecule has 3 rings (SSSR count). The van der Waals surface area contributed by atoms with E-state index in [9.17, 15) is 9.18 Å². The number of carbonyl (C=O) groups excluding carboxylic acids is 1. The first-order chi connectivity index (χ1) is 13.6. The number of para-hydroxylation sites is 1. The first-order valence-electron chi connectivity index (χ1n) is 9.30. The molecule has 0 atom stereocenters. The predicted octanol–water partition coefficient (Wildman–Crippen LogP) is 5.99. The zero-order valence-corrected chi connectivity index (χ0v) is 17.1. The monoisotopic (exact) mass is 398 g/mol. The molecular formula is C22H23FN2O2S. The summed E-state index contributed by atoms with van der Waals surface area (Å²) in [7, 11) is 1.63. The first-order valence-corrected chi connectivity index (χ1v) is 10.1. The van der Waals surface area contributed by atoms with E-state index in [1.807, 2.05) is 24.3 Å². The number of carbonyl (C=O) groups is 1. The second kappa shape index (κ2) is 8.97. The van der Waals surface area contributed by atoms with Gasteiger partial charge in [-0.15, -0.1) is 11.3 Å². The minimum Gasteiger partial charge on any atom is -0.497 e. The lowest BCUT2D eigenvalue weighted by Crippen LogP contribution is -2.25. The number of amides is 1. The molecule has 0 unspecified atom stereocenters. The van der Waals surface area contributed by atoms with E-state index in [-0.39, 0.29) is 18.0 Å². The molecule has 0 bridgehead atoms. The van der Waals surface area contributed by atoms with Crippen molar-refractivity contribution in [1.82, 2.24) is 4.98 Å². The lowest BCUT2D eigenvalue weighted by atomic mass is 10.1. The van der Waals surface area contributed by atoms with E-state index in [2.05, 4.69) is 6.92 Å². The molecule has 6 heteroatoms. The molecule has 0 fully saturated rings. The number of halogens is 1. The van der Waals surface area contributed by atoms with Gasteiger partial charge in [-0.05, 0) is 42.8 Å². The normalized spacial score (nSPS) is 10.7. The number of nitrogens with zero attached hydrogens (tertiary/aromatic N) is 2. The minimum atomic E-state index is -0.442. The van der Waals surface area contributed by atoms with Crippen LogP contribution in [-0.4, -0.2) is 18.0 Å². The number of hydrogen-bond acceptors (Lipinski definition) is 4. The van der Waals surface area contributed by atoms with Crippen molar-refractivity contribution in [1.29, 1.82) is 0 Å². The van der Waals surface area contributed by atoms with Crippen LogP contribution in [0.15, 0.2) is 48.5 Å². The molecule has 0 spiro atoms. The summed E-state index contributed by atoms with van der Waals surface area (Å²) in [4.78, 5) is 19.9. The van der Waals surface area contributed by atoms with E-state index in [1.54, 1.807) is 32.2 Å². The Kier molecular flexibility index (Phi) is 6.41. The molecule has 2 aromatic carbocycles. The Balaban J connectivity index is 2.11. The Morgan fingerprint density at radius 3 is 2.46 bits per heavy atom.